The molecule has 0 atom stereocenters. The molecule has 1 aliphatic carbocycles. The zero-order chi connectivity index (χ0) is 26.6. The second-order valence-electron chi connectivity index (χ2n) is 9.76. The van der Waals surface area contributed by atoms with E-state index in [-0.39, 0.29) is 6.42 Å². The number of aliphatic carboxylic acids is 1. The van der Waals surface area contributed by atoms with E-state index in [1.54, 1.807) is 11.3 Å². The zero-order valence-corrected chi connectivity index (χ0v) is 23.4. The van der Waals surface area contributed by atoms with Crippen molar-refractivity contribution in [1.29, 1.82) is 0 Å². The molecule has 198 valence electrons. The maximum absolute atomic E-state index is 10.9. The first kappa shape index (κ1) is 28.6. The first-order valence-electron chi connectivity index (χ1n) is 13.6. The summed E-state index contributed by atoms with van der Waals surface area (Å²) in [6.07, 6.45) is 13.8. The highest BCUT2D eigenvalue weighted by atomic mass is 32.1. The fourth-order valence-corrected chi connectivity index (χ4v) is 5.23. The maximum Gasteiger partial charge on any atom is 0.307 e. The third-order valence-electron chi connectivity index (χ3n) is 6.75. The summed E-state index contributed by atoms with van der Waals surface area (Å²) in [4.78, 5) is 22.7. The highest BCUT2D eigenvalue weighted by Crippen LogP contribution is 2.31. The minimum absolute atomic E-state index is 0.0113. The third-order valence-corrected chi connectivity index (χ3v) is 7.75. The molecule has 0 bridgehead atoms. The number of benzene rings is 1. The minimum atomic E-state index is -0.840. The average Bonchev–Trinajstić information content (AvgIpc) is 3.29. The first-order valence-corrected chi connectivity index (χ1v) is 14.4. The van der Waals surface area contributed by atoms with E-state index < -0.39 is 5.97 Å². The number of rotatable bonds is 12. The SMILES string of the molecule is C=CCc1c(CC)nc(-c2ccc(C)s2)nc1Nc1ccc(CC(=O)O)cc1.CCCCCC1CCC1. The molecule has 0 radical (unpaired) electrons. The highest BCUT2D eigenvalue weighted by Gasteiger charge is 2.16. The van der Waals surface area contributed by atoms with E-state index in [2.05, 4.69) is 38.7 Å². The van der Waals surface area contributed by atoms with Gasteiger partial charge in [-0.05, 0) is 55.5 Å². The Balaban J connectivity index is 0.000000356. The number of hydrogen-bond acceptors (Lipinski definition) is 5. The standard InChI is InChI=1S/C22H23N3O2S.C9H18/c1-4-6-17-18(5-2)24-22(19-12-7-14(3)28-19)25-21(17)23-16-10-8-15(9-11-16)13-20(26)27;1-2-3-4-6-9-7-5-8-9/h4,7-12H,1,5-6,13H2,2-3H3,(H,26,27)(H,23,24,25);9H,2-8H2,1H3. The Bertz CT molecular complexity index is 1150. The Kier molecular flexibility index (Phi) is 11.3. The lowest BCUT2D eigenvalue weighted by molar-refractivity contribution is -0.136. The van der Waals surface area contributed by atoms with Crippen molar-refractivity contribution in [3.63, 3.8) is 0 Å². The quantitative estimate of drug-likeness (QED) is 0.185. The number of aromatic nitrogens is 2. The summed E-state index contributed by atoms with van der Waals surface area (Å²) >= 11 is 1.67. The molecule has 2 aromatic heterocycles. The number of allylic oxidation sites excluding steroid dienone is 1. The second kappa shape index (κ2) is 14.7. The monoisotopic (exact) mass is 519 g/mol. The molecular weight excluding hydrogens is 478 g/mol. The number of unbranched alkanes of at least 4 members (excludes halogenated alkanes) is 2. The molecule has 0 saturated heterocycles. The van der Waals surface area contributed by atoms with E-state index in [4.69, 9.17) is 15.1 Å². The lowest BCUT2D eigenvalue weighted by Gasteiger charge is -2.24. The van der Waals surface area contributed by atoms with E-state index in [1.807, 2.05) is 36.4 Å². The molecule has 5 nitrogen and oxygen atoms in total. The van der Waals surface area contributed by atoms with Crippen LogP contribution in [-0.4, -0.2) is 21.0 Å². The molecular formula is C31H41N3O2S. The van der Waals surface area contributed by atoms with Crippen molar-refractivity contribution >= 4 is 28.8 Å². The highest BCUT2D eigenvalue weighted by molar-refractivity contribution is 7.15. The molecule has 2 heterocycles. The van der Waals surface area contributed by atoms with Crippen molar-refractivity contribution in [2.75, 3.05) is 5.32 Å². The summed E-state index contributed by atoms with van der Waals surface area (Å²) in [5.74, 6) is 1.77. The predicted molar refractivity (Wildman–Crippen MR) is 156 cm³/mol. The molecule has 0 unspecified atom stereocenters. The van der Waals surface area contributed by atoms with Crippen LogP contribution in [0.3, 0.4) is 0 Å². The first-order chi connectivity index (χ1) is 17.9. The summed E-state index contributed by atoms with van der Waals surface area (Å²) in [5.41, 5.74) is 3.65. The third kappa shape index (κ3) is 8.81. The number of aryl methyl sites for hydroxylation is 2. The van der Waals surface area contributed by atoms with Crippen LogP contribution in [-0.2, 0) is 24.1 Å². The van der Waals surface area contributed by atoms with E-state index in [0.29, 0.717) is 12.2 Å². The van der Waals surface area contributed by atoms with Gasteiger partial charge in [-0.1, -0.05) is 77.0 Å². The van der Waals surface area contributed by atoms with Crippen LogP contribution < -0.4 is 5.32 Å². The van der Waals surface area contributed by atoms with Gasteiger partial charge in [-0.15, -0.1) is 17.9 Å². The normalized spacial score (nSPS) is 12.8. The molecule has 37 heavy (non-hydrogen) atoms. The largest absolute Gasteiger partial charge is 0.481 e. The Hall–Kier alpha value is -2.99. The van der Waals surface area contributed by atoms with Crippen LogP contribution in [0.4, 0.5) is 11.5 Å². The molecule has 1 aromatic carbocycles. The molecule has 6 heteroatoms. The number of nitrogens with one attached hydrogen (secondary N) is 1. The van der Waals surface area contributed by atoms with Crippen LogP contribution in [0, 0.1) is 12.8 Å². The van der Waals surface area contributed by atoms with Crippen molar-refractivity contribution in [1.82, 2.24) is 9.97 Å². The molecule has 1 saturated carbocycles. The lowest BCUT2D eigenvalue weighted by Crippen LogP contribution is -2.10. The number of thiophene rings is 1. The van der Waals surface area contributed by atoms with Gasteiger partial charge in [0.1, 0.15) is 5.82 Å². The molecule has 2 N–H and O–H groups in total. The van der Waals surface area contributed by atoms with E-state index in [1.165, 1.54) is 49.8 Å². The van der Waals surface area contributed by atoms with Crippen LogP contribution in [0.5, 0.6) is 0 Å². The number of hydrogen-bond donors (Lipinski definition) is 2. The minimum Gasteiger partial charge on any atom is -0.481 e. The zero-order valence-electron chi connectivity index (χ0n) is 22.6. The average molecular weight is 520 g/mol. The van der Waals surface area contributed by atoms with Gasteiger partial charge < -0.3 is 10.4 Å². The van der Waals surface area contributed by atoms with Crippen molar-refractivity contribution in [2.45, 2.75) is 85.0 Å². The fraction of sp³-hybridized carbons (Fsp3) is 0.452. The van der Waals surface area contributed by atoms with E-state index >= 15 is 0 Å². The van der Waals surface area contributed by atoms with Crippen LogP contribution in [0.15, 0.2) is 49.1 Å². The molecule has 4 rings (SSSR count). The van der Waals surface area contributed by atoms with Gasteiger partial charge in [0.2, 0.25) is 0 Å². The molecule has 1 fully saturated rings. The fourth-order valence-electron chi connectivity index (χ4n) is 4.43. The van der Waals surface area contributed by atoms with Gasteiger partial charge in [0.05, 0.1) is 11.3 Å². The summed E-state index contributed by atoms with van der Waals surface area (Å²) in [6.45, 7) is 10.3. The van der Waals surface area contributed by atoms with Crippen LogP contribution in [0.25, 0.3) is 10.7 Å². The van der Waals surface area contributed by atoms with Crippen molar-refractivity contribution < 1.29 is 9.90 Å². The van der Waals surface area contributed by atoms with Crippen LogP contribution in [0.1, 0.15) is 80.5 Å². The van der Waals surface area contributed by atoms with Gasteiger partial charge in [-0.2, -0.15) is 0 Å². The van der Waals surface area contributed by atoms with Gasteiger partial charge in [0.15, 0.2) is 5.82 Å². The number of carbonyl (C=O) groups is 1. The lowest BCUT2D eigenvalue weighted by atomic mass is 9.82. The molecule has 0 amide bonds. The molecule has 1 aliphatic rings. The number of carboxylic acids is 1. The maximum atomic E-state index is 10.9. The van der Waals surface area contributed by atoms with Gasteiger partial charge in [0.25, 0.3) is 0 Å². The summed E-state index contributed by atoms with van der Waals surface area (Å²) in [7, 11) is 0. The number of anilines is 2. The summed E-state index contributed by atoms with van der Waals surface area (Å²) in [6, 6.07) is 11.5. The molecule has 0 spiro atoms. The van der Waals surface area contributed by atoms with Gasteiger partial charge in [-0.3, -0.25) is 4.79 Å². The Morgan fingerprint density at radius 2 is 1.89 bits per heavy atom. The van der Waals surface area contributed by atoms with Crippen molar-refractivity contribution in [3.8, 4) is 10.7 Å². The van der Waals surface area contributed by atoms with Gasteiger partial charge in [0, 0.05) is 21.8 Å². The van der Waals surface area contributed by atoms with Crippen LogP contribution >= 0.6 is 11.3 Å². The van der Waals surface area contributed by atoms with Crippen molar-refractivity contribution in [2.24, 2.45) is 5.92 Å². The Morgan fingerprint density at radius 1 is 1.14 bits per heavy atom. The smallest absolute Gasteiger partial charge is 0.307 e. The predicted octanol–water partition coefficient (Wildman–Crippen LogP) is 8.54. The topological polar surface area (TPSA) is 75.1 Å². The number of carboxylic acid groups (broad SMARTS) is 1. The van der Waals surface area contributed by atoms with Crippen LogP contribution in [0.2, 0.25) is 0 Å². The van der Waals surface area contributed by atoms with Gasteiger partial charge >= 0.3 is 5.97 Å². The summed E-state index contributed by atoms with van der Waals surface area (Å²) < 4.78 is 0. The molecule has 0 aliphatic heterocycles. The van der Waals surface area contributed by atoms with E-state index in [0.717, 1.165) is 45.5 Å². The molecule has 3 aromatic rings. The van der Waals surface area contributed by atoms with Gasteiger partial charge in [-0.25, -0.2) is 9.97 Å². The summed E-state index contributed by atoms with van der Waals surface area (Å²) in [5, 5.41) is 12.3. The van der Waals surface area contributed by atoms with Crippen molar-refractivity contribution in [3.05, 3.63) is 70.8 Å². The Morgan fingerprint density at radius 3 is 2.43 bits per heavy atom. The Labute approximate surface area is 226 Å². The van der Waals surface area contributed by atoms with E-state index in [9.17, 15) is 4.79 Å². The number of nitrogens with zero attached hydrogens (tertiary/aromatic N) is 2. The second-order valence-corrected chi connectivity index (χ2v) is 11.1.